The maximum absolute atomic E-state index is 5.62. The molecule has 0 saturated carbocycles. The molecule has 0 saturated heterocycles. The Hall–Kier alpha value is -3.29. The molecular weight excluding hydrogens is 426 g/mol. The average molecular weight is 452 g/mol. The Bertz CT molecular complexity index is 1180. The van der Waals surface area contributed by atoms with E-state index >= 15 is 0 Å². The molecule has 4 rings (SSSR count). The number of fused-ring (bicyclic) bond motifs is 1. The molecular formula is C24H26ClN5O2. The van der Waals surface area contributed by atoms with E-state index in [1.807, 2.05) is 53.2 Å². The van der Waals surface area contributed by atoms with Gasteiger partial charge in [0.25, 0.3) is 0 Å². The minimum atomic E-state index is 0.512. The second kappa shape index (κ2) is 10.3. The van der Waals surface area contributed by atoms with Crippen molar-refractivity contribution < 1.29 is 9.47 Å². The SMILES string of the molecule is COc1ccc(-c2cnc3c(Nc4ccc(NCCOCCCl)c(C)c4)nccn23)cc1. The average Bonchev–Trinajstić information content (AvgIpc) is 3.25. The van der Waals surface area contributed by atoms with Crippen LogP contribution in [0.2, 0.25) is 0 Å². The van der Waals surface area contributed by atoms with E-state index in [-0.39, 0.29) is 0 Å². The Balaban J connectivity index is 1.51. The van der Waals surface area contributed by atoms with E-state index in [0.29, 0.717) is 24.9 Å². The molecule has 0 radical (unpaired) electrons. The van der Waals surface area contributed by atoms with Crippen LogP contribution in [0, 0.1) is 6.92 Å². The van der Waals surface area contributed by atoms with Crippen LogP contribution in [0.4, 0.5) is 17.2 Å². The van der Waals surface area contributed by atoms with Crippen molar-refractivity contribution in [3.05, 3.63) is 66.6 Å². The van der Waals surface area contributed by atoms with Crippen molar-refractivity contribution in [2.75, 3.05) is 43.4 Å². The second-order valence-corrected chi connectivity index (χ2v) is 7.60. The Morgan fingerprint density at radius 3 is 2.66 bits per heavy atom. The molecule has 0 atom stereocenters. The quantitative estimate of drug-likeness (QED) is 0.257. The van der Waals surface area contributed by atoms with E-state index in [4.69, 9.17) is 21.1 Å². The number of methoxy groups -OCH3 is 1. The molecule has 4 aromatic rings. The zero-order valence-electron chi connectivity index (χ0n) is 18.1. The lowest BCUT2D eigenvalue weighted by atomic mass is 10.1. The summed E-state index contributed by atoms with van der Waals surface area (Å²) >= 11 is 5.62. The lowest BCUT2D eigenvalue weighted by Gasteiger charge is -2.13. The van der Waals surface area contributed by atoms with Crippen molar-refractivity contribution in [3.8, 4) is 17.0 Å². The van der Waals surface area contributed by atoms with Crippen LogP contribution in [0.5, 0.6) is 5.75 Å². The van der Waals surface area contributed by atoms with Crippen molar-refractivity contribution in [2.24, 2.45) is 0 Å². The van der Waals surface area contributed by atoms with Gasteiger partial charge in [-0.05, 0) is 55.0 Å². The molecule has 0 unspecified atom stereocenters. The largest absolute Gasteiger partial charge is 0.497 e. The van der Waals surface area contributed by atoms with Gasteiger partial charge in [0, 0.05) is 41.8 Å². The normalized spacial score (nSPS) is 11.0. The molecule has 2 N–H and O–H groups in total. The first-order valence-corrected chi connectivity index (χ1v) is 10.9. The van der Waals surface area contributed by atoms with Gasteiger partial charge in [-0.2, -0.15) is 0 Å². The van der Waals surface area contributed by atoms with Crippen molar-refractivity contribution >= 4 is 34.4 Å². The lowest BCUT2D eigenvalue weighted by Crippen LogP contribution is -2.11. The fraction of sp³-hybridized carbons (Fsp3) is 0.250. The lowest BCUT2D eigenvalue weighted by molar-refractivity contribution is 0.160. The van der Waals surface area contributed by atoms with Crippen LogP contribution in [0.3, 0.4) is 0 Å². The molecule has 0 spiro atoms. The topological polar surface area (TPSA) is 72.7 Å². The first-order valence-electron chi connectivity index (χ1n) is 10.4. The zero-order valence-corrected chi connectivity index (χ0v) is 18.9. The van der Waals surface area contributed by atoms with E-state index < -0.39 is 0 Å². The number of imidazole rings is 1. The highest BCUT2D eigenvalue weighted by Crippen LogP contribution is 2.27. The molecule has 0 aliphatic rings. The fourth-order valence-corrected chi connectivity index (χ4v) is 3.58. The van der Waals surface area contributed by atoms with Crippen LogP contribution in [-0.2, 0) is 4.74 Å². The molecule has 8 heteroatoms. The Morgan fingerprint density at radius 1 is 1.06 bits per heavy atom. The maximum Gasteiger partial charge on any atom is 0.180 e. The van der Waals surface area contributed by atoms with E-state index in [9.17, 15) is 0 Å². The van der Waals surface area contributed by atoms with Gasteiger partial charge in [-0.25, -0.2) is 9.97 Å². The monoisotopic (exact) mass is 451 g/mol. The number of ether oxygens (including phenoxy) is 2. The molecule has 32 heavy (non-hydrogen) atoms. The number of rotatable bonds is 10. The van der Waals surface area contributed by atoms with Crippen LogP contribution in [0.25, 0.3) is 16.9 Å². The van der Waals surface area contributed by atoms with Crippen LogP contribution >= 0.6 is 11.6 Å². The standard InChI is InChI=1S/C24H26ClN5O2/c1-17-15-19(5-8-21(17)26-11-14-32-13-9-25)29-23-24-28-16-22(30(24)12-10-27-23)18-3-6-20(31-2)7-4-18/h3-8,10,12,15-16,26H,9,11,13-14H2,1-2H3,(H,27,29). The second-order valence-electron chi connectivity index (χ2n) is 7.22. The maximum atomic E-state index is 5.62. The number of alkyl halides is 1. The number of nitrogens with zero attached hydrogens (tertiary/aromatic N) is 3. The smallest absolute Gasteiger partial charge is 0.180 e. The van der Waals surface area contributed by atoms with Gasteiger partial charge >= 0.3 is 0 Å². The summed E-state index contributed by atoms with van der Waals surface area (Å²) in [5, 5.41) is 6.79. The molecule has 0 fully saturated rings. The van der Waals surface area contributed by atoms with E-state index in [2.05, 4.69) is 33.6 Å². The predicted octanol–water partition coefficient (Wildman–Crippen LogP) is 5.12. The van der Waals surface area contributed by atoms with Crippen molar-refractivity contribution in [1.82, 2.24) is 14.4 Å². The fourth-order valence-electron chi connectivity index (χ4n) is 3.47. The van der Waals surface area contributed by atoms with Crippen LogP contribution in [0.15, 0.2) is 61.1 Å². The molecule has 0 bridgehead atoms. The van der Waals surface area contributed by atoms with Crippen LogP contribution in [0.1, 0.15) is 5.56 Å². The molecule has 166 valence electrons. The van der Waals surface area contributed by atoms with Gasteiger partial charge < -0.3 is 20.1 Å². The number of anilines is 3. The van der Waals surface area contributed by atoms with Gasteiger partial charge in [0.05, 0.1) is 32.2 Å². The van der Waals surface area contributed by atoms with E-state index in [0.717, 1.165) is 46.1 Å². The van der Waals surface area contributed by atoms with Crippen molar-refractivity contribution in [2.45, 2.75) is 6.92 Å². The molecule has 0 aliphatic carbocycles. The number of aryl methyl sites for hydroxylation is 1. The van der Waals surface area contributed by atoms with Gasteiger partial charge in [0.15, 0.2) is 11.5 Å². The van der Waals surface area contributed by atoms with Crippen LogP contribution in [-0.4, -0.2) is 47.1 Å². The number of benzene rings is 2. The first kappa shape index (κ1) is 21.9. The Morgan fingerprint density at radius 2 is 1.91 bits per heavy atom. The summed E-state index contributed by atoms with van der Waals surface area (Å²) < 4.78 is 12.7. The zero-order chi connectivity index (χ0) is 22.3. The summed E-state index contributed by atoms with van der Waals surface area (Å²) in [6.45, 7) is 3.98. The van der Waals surface area contributed by atoms with Gasteiger partial charge in [0.1, 0.15) is 5.75 Å². The predicted molar refractivity (Wildman–Crippen MR) is 129 cm³/mol. The summed E-state index contributed by atoms with van der Waals surface area (Å²) in [7, 11) is 1.66. The third kappa shape index (κ3) is 4.95. The third-order valence-corrected chi connectivity index (χ3v) is 5.24. The molecule has 2 aromatic carbocycles. The van der Waals surface area contributed by atoms with Gasteiger partial charge in [-0.3, -0.25) is 4.40 Å². The Labute approximate surface area is 192 Å². The van der Waals surface area contributed by atoms with Gasteiger partial charge in [-0.1, -0.05) is 0 Å². The summed E-state index contributed by atoms with van der Waals surface area (Å²) in [6, 6.07) is 14.1. The minimum Gasteiger partial charge on any atom is -0.497 e. The highest BCUT2D eigenvalue weighted by Gasteiger charge is 2.11. The minimum absolute atomic E-state index is 0.512. The molecule has 0 amide bonds. The summed E-state index contributed by atoms with van der Waals surface area (Å²) in [6.07, 6.45) is 5.54. The number of hydrogen-bond donors (Lipinski definition) is 2. The summed E-state index contributed by atoms with van der Waals surface area (Å²) in [4.78, 5) is 9.12. The highest BCUT2D eigenvalue weighted by molar-refractivity contribution is 6.17. The third-order valence-electron chi connectivity index (χ3n) is 5.09. The summed E-state index contributed by atoms with van der Waals surface area (Å²) in [5.74, 6) is 2.03. The number of hydrogen-bond acceptors (Lipinski definition) is 6. The van der Waals surface area contributed by atoms with Gasteiger partial charge in [0.2, 0.25) is 0 Å². The first-order chi connectivity index (χ1) is 15.7. The van der Waals surface area contributed by atoms with Gasteiger partial charge in [-0.15, -0.1) is 11.6 Å². The Kier molecular flexibility index (Phi) is 7.09. The van der Waals surface area contributed by atoms with Crippen LogP contribution < -0.4 is 15.4 Å². The number of aromatic nitrogens is 3. The highest BCUT2D eigenvalue weighted by atomic mass is 35.5. The molecule has 2 aromatic heterocycles. The van der Waals surface area contributed by atoms with Crippen molar-refractivity contribution in [3.63, 3.8) is 0 Å². The van der Waals surface area contributed by atoms with E-state index in [1.165, 1.54) is 0 Å². The van der Waals surface area contributed by atoms with E-state index in [1.54, 1.807) is 13.3 Å². The molecule has 2 heterocycles. The molecule has 7 nitrogen and oxygen atoms in total. The summed E-state index contributed by atoms with van der Waals surface area (Å²) in [5.41, 5.74) is 5.94. The van der Waals surface area contributed by atoms with Crippen molar-refractivity contribution in [1.29, 1.82) is 0 Å². The molecule has 0 aliphatic heterocycles. The number of nitrogens with one attached hydrogen (secondary N) is 2. The number of halogens is 1.